The number of nitrogens with two attached hydrogens (primary N) is 1. The van der Waals surface area contributed by atoms with E-state index in [1.807, 2.05) is 0 Å². The first kappa shape index (κ1) is 56.4. The third-order valence-electron chi connectivity index (χ3n) is 12.2. The zero-order valence-electron chi connectivity index (χ0n) is 38.9. The van der Waals surface area contributed by atoms with Crippen molar-refractivity contribution in [1.82, 2.24) is 5.32 Å². The molecular formula is C51H100N2O5. The molecule has 344 valence electrons. The van der Waals surface area contributed by atoms with Gasteiger partial charge in [-0.05, 0) is 57.9 Å². The van der Waals surface area contributed by atoms with Crippen LogP contribution in [-0.2, 0) is 19.1 Å². The van der Waals surface area contributed by atoms with E-state index in [0.717, 1.165) is 64.2 Å². The zero-order chi connectivity index (χ0) is 42.4. The molecule has 0 rings (SSSR count). The maximum atomic E-state index is 12.9. The van der Waals surface area contributed by atoms with Gasteiger partial charge in [0, 0.05) is 12.8 Å². The molecule has 0 bridgehead atoms. The number of hydrogen-bond acceptors (Lipinski definition) is 5. The van der Waals surface area contributed by atoms with E-state index in [1.54, 1.807) is 0 Å². The fraction of sp³-hybridized carbons (Fsp3) is 0.941. The van der Waals surface area contributed by atoms with E-state index < -0.39 is 12.0 Å². The summed E-state index contributed by atoms with van der Waals surface area (Å²) in [5.41, 5.74) is 5.50. The number of hydrogen-bond donors (Lipinski definition) is 3. The number of nitrogens with one attached hydrogen (secondary N) is 1. The lowest BCUT2D eigenvalue weighted by atomic mass is 10.0. The van der Waals surface area contributed by atoms with Gasteiger partial charge in [-0.2, -0.15) is 0 Å². The molecule has 58 heavy (non-hydrogen) atoms. The number of ether oxygens (including phenoxy) is 1. The molecule has 4 N–H and O–H groups in total. The van der Waals surface area contributed by atoms with Crippen LogP contribution in [0, 0.1) is 0 Å². The lowest BCUT2D eigenvalue weighted by Crippen LogP contribution is -2.40. The second-order valence-electron chi connectivity index (χ2n) is 18.0. The third-order valence-corrected chi connectivity index (χ3v) is 12.2. The predicted molar refractivity (Wildman–Crippen MR) is 248 cm³/mol. The summed E-state index contributed by atoms with van der Waals surface area (Å²) in [7, 11) is 0. The van der Waals surface area contributed by atoms with Crippen LogP contribution in [0.1, 0.15) is 290 Å². The molecule has 0 saturated heterocycles. The van der Waals surface area contributed by atoms with Crippen LogP contribution in [-0.4, -0.2) is 41.6 Å². The normalized spacial score (nSPS) is 12.5. The van der Waals surface area contributed by atoms with E-state index in [1.165, 1.54) is 186 Å². The summed E-state index contributed by atoms with van der Waals surface area (Å²) in [6.45, 7) is 4.99. The number of carboxylic acid groups (broad SMARTS) is 1. The van der Waals surface area contributed by atoms with E-state index in [4.69, 9.17) is 10.5 Å². The average Bonchev–Trinajstić information content (AvgIpc) is 3.21. The minimum Gasteiger partial charge on any atom is -0.480 e. The number of rotatable bonds is 48. The van der Waals surface area contributed by atoms with Gasteiger partial charge in [-0.15, -0.1) is 0 Å². The van der Waals surface area contributed by atoms with Crippen molar-refractivity contribution in [3.8, 4) is 0 Å². The van der Waals surface area contributed by atoms with Gasteiger partial charge in [0.05, 0.1) is 0 Å². The van der Waals surface area contributed by atoms with Crippen LogP contribution in [0.3, 0.4) is 0 Å². The van der Waals surface area contributed by atoms with Gasteiger partial charge in [0.2, 0.25) is 5.91 Å². The predicted octanol–water partition coefficient (Wildman–Crippen LogP) is 15.2. The van der Waals surface area contributed by atoms with Crippen LogP contribution in [0.2, 0.25) is 0 Å². The molecule has 7 heteroatoms. The van der Waals surface area contributed by atoms with E-state index in [2.05, 4.69) is 19.2 Å². The maximum absolute atomic E-state index is 12.9. The van der Waals surface area contributed by atoms with Gasteiger partial charge in [-0.25, -0.2) is 4.79 Å². The number of carbonyl (C=O) groups is 3. The van der Waals surface area contributed by atoms with Crippen molar-refractivity contribution in [2.24, 2.45) is 5.73 Å². The molecule has 7 nitrogen and oxygen atoms in total. The van der Waals surface area contributed by atoms with Crippen molar-refractivity contribution < 1.29 is 24.2 Å². The van der Waals surface area contributed by atoms with Crippen molar-refractivity contribution in [1.29, 1.82) is 0 Å². The Morgan fingerprint density at radius 1 is 0.431 bits per heavy atom. The summed E-state index contributed by atoms with van der Waals surface area (Å²) >= 11 is 0. The van der Waals surface area contributed by atoms with Crippen molar-refractivity contribution in [2.45, 2.75) is 302 Å². The molecule has 0 spiro atoms. The largest absolute Gasteiger partial charge is 0.480 e. The Morgan fingerprint density at radius 2 is 0.741 bits per heavy atom. The molecular weight excluding hydrogens is 721 g/mol. The monoisotopic (exact) mass is 821 g/mol. The molecule has 0 saturated carbocycles. The topological polar surface area (TPSA) is 119 Å². The van der Waals surface area contributed by atoms with Gasteiger partial charge in [0.1, 0.15) is 12.1 Å². The van der Waals surface area contributed by atoms with E-state index >= 15 is 0 Å². The molecule has 0 aliphatic rings. The number of aliphatic carboxylic acids is 1. The standard InChI is InChI=1S/C51H100N2O5/c1-3-5-7-9-11-13-15-17-19-20-21-22-24-26-28-30-35-39-45-50(55)58-47(41-36-32-29-27-25-23-18-16-14-12-10-8-6-4-2)42-37-33-31-34-38-44-49(54)53-48(51(56)57)43-40-46-52/h47-48H,3-46,52H2,1-2H3,(H,53,54)(H,56,57). The van der Waals surface area contributed by atoms with Gasteiger partial charge in [0.15, 0.2) is 0 Å². The summed E-state index contributed by atoms with van der Waals surface area (Å²) in [6, 6.07) is -0.853. The SMILES string of the molecule is CCCCCCCCCCCCCCCCCCCCC(=O)OC(CCCCCCCCCCCCCCCC)CCCCCCCC(=O)NC(CCCN)C(=O)O. The van der Waals surface area contributed by atoms with E-state index in [9.17, 15) is 19.5 Å². The third kappa shape index (κ3) is 42.5. The molecule has 0 aliphatic carbocycles. The van der Waals surface area contributed by atoms with Gasteiger partial charge in [-0.1, -0.05) is 226 Å². The van der Waals surface area contributed by atoms with Gasteiger partial charge in [-0.3, -0.25) is 9.59 Å². The Labute approximate surface area is 360 Å². The van der Waals surface area contributed by atoms with Crippen LogP contribution in [0.5, 0.6) is 0 Å². The average molecular weight is 821 g/mol. The fourth-order valence-corrected chi connectivity index (χ4v) is 8.28. The Balaban J connectivity index is 4.22. The Morgan fingerprint density at radius 3 is 1.07 bits per heavy atom. The molecule has 0 radical (unpaired) electrons. The van der Waals surface area contributed by atoms with E-state index in [-0.39, 0.29) is 18.0 Å². The second-order valence-corrected chi connectivity index (χ2v) is 18.0. The van der Waals surface area contributed by atoms with Gasteiger partial charge in [0.25, 0.3) is 0 Å². The van der Waals surface area contributed by atoms with Crippen molar-refractivity contribution >= 4 is 17.8 Å². The van der Waals surface area contributed by atoms with Crippen LogP contribution in [0.15, 0.2) is 0 Å². The minimum atomic E-state index is -0.999. The first-order valence-corrected chi connectivity index (χ1v) is 25.9. The Bertz CT molecular complexity index is 883. The van der Waals surface area contributed by atoms with Gasteiger partial charge >= 0.3 is 11.9 Å². The van der Waals surface area contributed by atoms with Crippen molar-refractivity contribution in [3.05, 3.63) is 0 Å². The molecule has 0 aromatic carbocycles. The highest BCUT2D eigenvalue weighted by Crippen LogP contribution is 2.20. The lowest BCUT2D eigenvalue weighted by Gasteiger charge is -2.18. The summed E-state index contributed by atoms with van der Waals surface area (Å²) in [6.07, 6.45) is 51.6. The molecule has 0 aliphatic heterocycles. The molecule has 0 fully saturated rings. The first-order chi connectivity index (χ1) is 28.4. The number of amides is 1. The molecule has 2 unspecified atom stereocenters. The quantitative estimate of drug-likeness (QED) is 0.0415. The van der Waals surface area contributed by atoms with Crippen LogP contribution in [0.25, 0.3) is 0 Å². The summed E-state index contributed by atoms with van der Waals surface area (Å²) in [5.74, 6) is -1.20. The van der Waals surface area contributed by atoms with Crippen molar-refractivity contribution in [3.63, 3.8) is 0 Å². The fourth-order valence-electron chi connectivity index (χ4n) is 8.28. The zero-order valence-corrected chi connectivity index (χ0v) is 38.9. The molecule has 0 heterocycles. The Hall–Kier alpha value is -1.63. The number of unbranched alkanes of at least 4 members (excludes halogenated alkanes) is 34. The highest BCUT2D eigenvalue weighted by Gasteiger charge is 2.19. The maximum Gasteiger partial charge on any atom is 0.326 e. The Kier molecular flexibility index (Phi) is 45.1. The highest BCUT2D eigenvalue weighted by molar-refractivity contribution is 5.83. The van der Waals surface area contributed by atoms with Gasteiger partial charge < -0.3 is 20.9 Å². The smallest absolute Gasteiger partial charge is 0.326 e. The second kappa shape index (κ2) is 46.4. The van der Waals surface area contributed by atoms with Crippen LogP contribution < -0.4 is 11.1 Å². The number of carbonyl (C=O) groups excluding carboxylic acids is 2. The molecule has 2 atom stereocenters. The number of carboxylic acids is 1. The molecule has 1 amide bonds. The minimum absolute atomic E-state index is 0.0102. The van der Waals surface area contributed by atoms with E-state index in [0.29, 0.717) is 32.2 Å². The van der Waals surface area contributed by atoms with Crippen LogP contribution in [0.4, 0.5) is 0 Å². The molecule has 0 aromatic rings. The summed E-state index contributed by atoms with van der Waals surface area (Å²) < 4.78 is 6.09. The summed E-state index contributed by atoms with van der Waals surface area (Å²) in [5, 5.41) is 12.0. The van der Waals surface area contributed by atoms with Crippen molar-refractivity contribution in [2.75, 3.05) is 6.54 Å². The number of esters is 1. The highest BCUT2D eigenvalue weighted by atomic mass is 16.5. The first-order valence-electron chi connectivity index (χ1n) is 25.9. The lowest BCUT2D eigenvalue weighted by molar-refractivity contribution is -0.150. The molecule has 0 aromatic heterocycles. The summed E-state index contributed by atoms with van der Waals surface area (Å²) in [4.78, 5) is 36.5. The van der Waals surface area contributed by atoms with Crippen LogP contribution >= 0.6 is 0 Å².